The number of halogens is 1. The highest BCUT2D eigenvalue weighted by atomic mass is 32.1. The molecule has 3 N–H and O–H groups in total. The smallest absolute Gasteiger partial charge is 0.243 e. The molecule has 0 saturated carbocycles. The van der Waals surface area contributed by atoms with Crippen molar-refractivity contribution in [1.29, 1.82) is 0 Å². The first-order valence-corrected chi connectivity index (χ1v) is 16.2. The Hall–Kier alpha value is -3.83. The van der Waals surface area contributed by atoms with Gasteiger partial charge in [-0.2, -0.15) is 0 Å². The van der Waals surface area contributed by atoms with E-state index in [2.05, 4.69) is 15.6 Å². The summed E-state index contributed by atoms with van der Waals surface area (Å²) in [6.07, 6.45) is -0.674. The Morgan fingerprint density at radius 1 is 1.09 bits per heavy atom. The fraction of sp³-hybridized carbons (Fsp3) is 0.471. The molecule has 0 bridgehead atoms. The number of aliphatic hydroxyl groups is 1. The van der Waals surface area contributed by atoms with E-state index in [9.17, 15) is 19.5 Å². The van der Waals surface area contributed by atoms with Crippen LogP contribution in [0.15, 0.2) is 41.9 Å². The first-order chi connectivity index (χ1) is 21.3. The first kappa shape index (κ1) is 34.1. The molecule has 0 unspecified atom stereocenters. The summed E-state index contributed by atoms with van der Waals surface area (Å²) in [5.74, 6) is -1.64. The summed E-state index contributed by atoms with van der Waals surface area (Å²) < 4.78 is 22.4. The number of likely N-dealkylation sites (tertiary alicyclic amines) is 1. The number of benzene rings is 2. The van der Waals surface area contributed by atoms with Crippen LogP contribution in [0.5, 0.6) is 5.75 Å². The van der Waals surface area contributed by atoms with Gasteiger partial charge in [0.25, 0.3) is 0 Å². The highest BCUT2D eigenvalue weighted by Crippen LogP contribution is 2.38. The number of carbonyl (C=O) groups excluding carboxylic acids is 3. The second-order valence-electron chi connectivity index (χ2n) is 12.4. The minimum Gasteiger partial charge on any atom is -0.485 e. The molecule has 9 nitrogen and oxygen atoms in total. The number of amides is 3. The molecule has 4 rings (SSSR count). The molecule has 3 amide bonds. The van der Waals surface area contributed by atoms with Crippen LogP contribution in [0, 0.1) is 30.5 Å². The van der Waals surface area contributed by atoms with E-state index < -0.39 is 29.9 Å². The standard InChI is InChI=1S/C34H43FN4O5S/c1-18(2)20(5)34(43)39-15-25(40)14-28(39)33(42)37-21(6)26-12-13-27(31-22(7)36-17-45-31)29(35)30(26)44-16-23-8-10-24(11-9-23)38-32(41)19(3)4/h8-13,17-21,25,28,40H,14-16H2,1-7H3,(H,37,42)(H,38,41)/t20-,21-,25+,28-/m0/s1. The number of aliphatic hydroxyl groups excluding tert-OH is 1. The van der Waals surface area contributed by atoms with Crippen molar-refractivity contribution in [2.24, 2.45) is 17.8 Å². The molecule has 1 saturated heterocycles. The Labute approximate surface area is 268 Å². The number of carbonyl (C=O) groups is 3. The van der Waals surface area contributed by atoms with Crippen molar-refractivity contribution in [3.63, 3.8) is 0 Å². The molecular formula is C34H43FN4O5S. The maximum absolute atomic E-state index is 16.3. The lowest BCUT2D eigenvalue weighted by atomic mass is 9.96. The summed E-state index contributed by atoms with van der Waals surface area (Å²) in [6.45, 7) is 13.0. The molecule has 2 aromatic carbocycles. The quantitative estimate of drug-likeness (QED) is 0.242. The number of hydrogen-bond acceptors (Lipinski definition) is 7. The Bertz CT molecular complexity index is 1520. The van der Waals surface area contributed by atoms with Crippen LogP contribution in [0.25, 0.3) is 10.4 Å². The SMILES string of the molecule is Cc1ncsc1-c1ccc([C@H](C)NC(=O)[C@@H]2C[C@@H](O)CN2C(=O)[C@@H](C)C(C)C)c(OCc2ccc(NC(=O)C(C)C)cc2)c1F. The van der Waals surface area contributed by atoms with E-state index in [1.54, 1.807) is 48.8 Å². The predicted molar refractivity (Wildman–Crippen MR) is 173 cm³/mol. The van der Waals surface area contributed by atoms with Crippen LogP contribution in [0.3, 0.4) is 0 Å². The Morgan fingerprint density at radius 3 is 2.38 bits per heavy atom. The number of anilines is 1. The average Bonchev–Trinajstić information content (AvgIpc) is 3.61. The molecule has 242 valence electrons. The molecule has 0 radical (unpaired) electrons. The highest BCUT2D eigenvalue weighted by molar-refractivity contribution is 7.13. The molecule has 2 heterocycles. The van der Waals surface area contributed by atoms with Gasteiger partial charge in [0.05, 0.1) is 28.2 Å². The van der Waals surface area contributed by atoms with Crippen LogP contribution in [-0.4, -0.2) is 51.4 Å². The molecule has 45 heavy (non-hydrogen) atoms. The minimum atomic E-state index is -0.834. The summed E-state index contributed by atoms with van der Waals surface area (Å²) in [7, 11) is 0. The van der Waals surface area contributed by atoms with Gasteiger partial charge in [0.2, 0.25) is 17.7 Å². The van der Waals surface area contributed by atoms with Crippen molar-refractivity contribution in [2.75, 3.05) is 11.9 Å². The van der Waals surface area contributed by atoms with E-state index in [1.165, 1.54) is 16.2 Å². The molecule has 0 aliphatic carbocycles. The first-order valence-electron chi connectivity index (χ1n) is 15.3. The topological polar surface area (TPSA) is 121 Å². The zero-order valence-electron chi connectivity index (χ0n) is 26.9. The summed E-state index contributed by atoms with van der Waals surface area (Å²) in [4.78, 5) is 45.1. The summed E-state index contributed by atoms with van der Waals surface area (Å²) in [5.41, 5.74) is 4.53. The van der Waals surface area contributed by atoms with Crippen molar-refractivity contribution in [3.05, 3.63) is 64.5 Å². The van der Waals surface area contributed by atoms with Crippen molar-refractivity contribution >= 4 is 34.7 Å². The van der Waals surface area contributed by atoms with Crippen LogP contribution >= 0.6 is 11.3 Å². The van der Waals surface area contributed by atoms with Gasteiger partial charge in [0, 0.05) is 41.6 Å². The van der Waals surface area contributed by atoms with Gasteiger partial charge in [0.15, 0.2) is 11.6 Å². The lowest BCUT2D eigenvalue weighted by Crippen LogP contribution is -2.48. The number of nitrogens with one attached hydrogen (secondary N) is 2. The third-order valence-corrected chi connectivity index (χ3v) is 9.29. The summed E-state index contributed by atoms with van der Waals surface area (Å²) in [6, 6.07) is 9.00. The van der Waals surface area contributed by atoms with Crippen LogP contribution in [0.1, 0.15) is 70.8 Å². The van der Waals surface area contributed by atoms with Crippen molar-refractivity contribution < 1.29 is 28.6 Å². The third kappa shape index (κ3) is 7.88. The lowest BCUT2D eigenvalue weighted by Gasteiger charge is -2.29. The van der Waals surface area contributed by atoms with E-state index in [0.29, 0.717) is 27.4 Å². The molecular weight excluding hydrogens is 595 g/mol. The van der Waals surface area contributed by atoms with Gasteiger partial charge < -0.3 is 25.4 Å². The number of thiazole rings is 1. The van der Waals surface area contributed by atoms with E-state index >= 15 is 4.39 Å². The fourth-order valence-corrected chi connectivity index (χ4v) is 5.98. The molecule has 3 aromatic rings. The number of hydrogen-bond donors (Lipinski definition) is 3. The fourth-order valence-electron chi connectivity index (χ4n) is 5.16. The van der Waals surface area contributed by atoms with E-state index in [4.69, 9.17) is 4.74 Å². The van der Waals surface area contributed by atoms with Gasteiger partial charge in [-0.25, -0.2) is 9.37 Å². The number of nitrogens with zero attached hydrogens (tertiary/aromatic N) is 2. The Kier molecular flexibility index (Phi) is 11.0. The van der Waals surface area contributed by atoms with Crippen LogP contribution in [0.4, 0.5) is 10.1 Å². The summed E-state index contributed by atoms with van der Waals surface area (Å²) >= 11 is 1.33. The number of aromatic nitrogens is 1. The van der Waals surface area contributed by atoms with Crippen molar-refractivity contribution in [2.45, 2.75) is 79.7 Å². The molecule has 11 heteroatoms. The van der Waals surface area contributed by atoms with E-state index in [-0.39, 0.29) is 54.9 Å². The van der Waals surface area contributed by atoms with Gasteiger partial charge in [-0.1, -0.05) is 52.8 Å². The lowest BCUT2D eigenvalue weighted by molar-refractivity contribution is -0.142. The van der Waals surface area contributed by atoms with E-state index in [0.717, 1.165) is 5.56 Å². The predicted octanol–water partition coefficient (Wildman–Crippen LogP) is 5.86. The Balaban J connectivity index is 1.58. The van der Waals surface area contributed by atoms with Crippen LogP contribution in [0.2, 0.25) is 0 Å². The maximum Gasteiger partial charge on any atom is 0.243 e. The maximum atomic E-state index is 16.3. The van der Waals surface area contributed by atoms with Crippen molar-refractivity contribution in [1.82, 2.24) is 15.2 Å². The normalized spacial score (nSPS) is 17.8. The monoisotopic (exact) mass is 638 g/mol. The largest absolute Gasteiger partial charge is 0.485 e. The van der Waals surface area contributed by atoms with Gasteiger partial charge >= 0.3 is 0 Å². The summed E-state index contributed by atoms with van der Waals surface area (Å²) in [5, 5.41) is 16.1. The average molecular weight is 639 g/mol. The zero-order chi connectivity index (χ0) is 33.0. The van der Waals surface area contributed by atoms with E-state index in [1.807, 2.05) is 41.5 Å². The second-order valence-corrected chi connectivity index (χ2v) is 13.3. The third-order valence-electron chi connectivity index (χ3n) is 8.33. The molecule has 1 fully saturated rings. The molecule has 1 aromatic heterocycles. The number of β-amino-alcohol motifs (C(OH)–C–C–N with tert-alkyl or cyclic N) is 1. The van der Waals surface area contributed by atoms with Crippen molar-refractivity contribution in [3.8, 4) is 16.2 Å². The van der Waals surface area contributed by atoms with Crippen LogP contribution in [-0.2, 0) is 21.0 Å². The molecule has 4 atom stereocenters. The minimum absolute atomic E-state index is 0.00175. The molecule has 1 aliphatic rings. The van der Waals surface area contributed by atoms with Gasteiger partial charge in [-0.15, -0.1) is 11.3 Å². The highest BCUT2D eigenvalue weighted by Gasteiger charge is 2.41. The second kappa shape index (κ2) is 14.5. The van der Waals surface area contributed by atoms with Crippen LogP contribution < -0.4 is 15.4 Å². The van der Waals surface area contributed by atoms with Gasteiger partial charge in [-0.05, 0) is 43.5 Å². The number of rotatable bonds is 11. The molecule has 1 aliphatic heterocycles. The van der Waals surface area contributed by atoms with Gasteiger partial charge in [0.1, 0.15) is 12.6 Å². The molecule has 0 spiro atoms. The zero-order valence-corrected chi connectivity index (χ0v) is 27.7. The number of aryl methyl sites for hydroxylation is 1. The number of ether oxygens (including phenoxy) is 1. The van der Waals surface area contributed by atoms with Gasteiger partial charge in [-0.3, -0.25) is 14.4 Å². The Morgan fingerprint density at radius 2 is 1.78 bits per heavy atom.